The molecule has 0 saturated heterocycles. The number of hydrogen-bond acceptors (Lipinski definition) is 7. The molecule has 0 bridgehead atoms. The predicted molar refractivity (Wildman–Crippen MR) is 118 cm³/mol. The second-order valence-corrected chi connectivity index (χ2v) is 6.74. The number of nitrogens with one attached hydrogen (secondary N) is 1. The van der Waals surface area contributed by atoms with Crippen molar-refractivity contribution in [2.75, 3.05) is 20.0 Å². The Morgan fingerprint density at radius 1 is 1.00 bits per heavy atom. The van der Waals surface area contributed by atoms with Gasteiger partial charge in [0.05, 0.1) is 20.8 Å². The maximum absolute atomic E-state index is 11.0. The second-order valence-electron chi connectivity index (χ2n) is 6.74. The minimum atomic E-state index is -0.436. The van der Waals surface area contributed by atoms with E-state index in [0.717, 1.165) is 41.9 Å². The van der Waals surface area contributed by atoms with Gasteiger partial charge in [-0.15, -0.1) is 0 Å². The Hall–Kier alpha value is -3.10. The van der Waals surface area contributed by atoms with Gasteiger partial charge >= 0.3 is 0 Å². The summed E-state index contributed by atoms with van der Waals surface area (Å²) in [6, 6.07) is 14.8. The molecular formula is C23H32N2O6. The van der Waals surface area contributed by atoms with Crippen molar-refractivity contribution in [3.8, 4) is 11.5 Å². The Balaban J connectivity index is 0.000000442. The van der Waals surface area contributed by atoms with Crippen LogP contribution in [0, 0.1) is 0 Å². The summed E-state index contributed by atoms with van der Waals surface area (Å²) in [7, 11) is 3.24. The second kappa shape index (κ2) is 15.7. The van der Waals surface area contributed by atoms with Gasteiger partial charge < -0.3 is 24.7 Å². The summed E-state index contributed by atoms with van der Waals surface area (Å²) in [5, 5.41) is 8.36. The summed E-state index contributed by atoms with van der Waals surface area (Å²) in [5.74, 6) is 1.23. The van der Waals surface area contributed by atoms with Crippen LogP contribution in [0.3, 0.4) is 0 Å². The van der Waals surface area contributed by atoms with Gasteiger partial charge in [0.1, 0.15) is 23.9 Å². The van der Waals surface area contributed by atoms with Gasteiger partial charge in [0, 0.05) is 12.1 Å². The van der Waals surface area contributed by atoms with Crippen LogP contribution >= 0.6 is 0 Å². The molecule has 170 valence electrons. The Morgan fingerprint density at radius 3 is 2.10 bits per heavy atom. The van der Waals surface area contributed by atoms with Crippen molar-refractivity contribution < 1.29 is 29.0 Å². The lowest BCUT2D eigenvalue weighted by molar-refractivity contribution is -0.129. The van der Waals surface area contributed by atoms with Crippen LogP contribution in [0.2, 0.25) is 0 Å². The van der Waals surface area contributed by atoms with Crippen molar-refractivity contribution in [3.63, 3.8) is 0 Å². The number of aldehydes is 1. The third-order valence-corrected chi connectivity index (χ3v) is 4.41. The normalized spacial score (nSPS) is 10.9. The molecule has 1 unspecified atom stereocenters. The number of carbonyl (C=O) groups is 2. The van der Waals surface area contributed by atoms with Crippen molar-refractivity contribution in [1.29, 1.82) is 0 Å². The number of amides is 1. The van der Waals surface area contributed by atoms with Crippen LogP contribution in [-0.2, 0) is 20.9 Å². The summed E-state index contributed by atoms with van der Waals surface area (Å²) >= 11 is 0. The van der Waals surface area contributed by atoms with Crippen LogP contribution in [0.5, 0.6) is 11.5 Å². The first-order chi connectivity index (χ1) is 15.0. The smallest absolute Gasteiger partial charge is 0.243 e. The van der Waals surface area contributed by atoms with E-state index in [1.165, 1.54) is 0 Å². The molecule has 31 heavy (non-hydrogen) atoms. The fourth-order valence-electron chi connectivity index (χ4n) is 2.58. The van der Waals surface area contributed by atoms with Crippen molar-refractivity contribution in [2.24, 2.45) is 0 Å². The highest BCUT2D eigenvalue weighted by atomic mass is 16.5. The van der Waals surface area contributed by atoms with E-state index in [1.807, 2.05) is 36.4 Å². The van der Waals surface area contributed by atoms with Crippen LogP contribution in [0.15, 0.2) is 48.5 Å². The fourth-order valence-corrected chi connectivity index (χ4v) is 2.58. The fraction of sp³-hybridized carbons (Fsp3) is 0.391. The lowest BCUT2D eigenvalue weighted by atomic mass is 10.1. The lowest BCUT2D eigenvalue weighted by Crippen LogP contribution is -2.18. The van der Waals surface area contributed by atoms with Crippen molar-refractivity contribution in [1.82, 2.24) is 5.48 Å². The molecule has 0 aliphatic carbocycles. The molecule has 0 saturated carbocycles. The van der Waals surface area contributed by atoms with Crippen LogP contribution in [0.25, 0.3) is 0 Å². The highest BCUT2D eigenvalue weighted by Gasteiger charge is 2.08. The Morgan fingerprint density at radius 2 is 1.58 bits per heavy atom. The standard InChI is InChI=1S/C16H23NO5.C7H9NO/c1-21-14-9-7-13(8-10-14)12-22-15(11-18)5-3-2-4-6-16(19)17-20;1-9-7-4-2-6(8)3-5-7/h7-11,15,20H,2-6,12H2,1H3,(H,17,19);2-5H,8H2,1H3. The van der Waals surface area contributed by atoms with E-state index in [0.29, 0.717) is 19.4 Å². The van der Waals surface area contributed by atoms with E-state index >= 15 is 0 Å². The minimum Gasteiger partial charge on any atom is -0.497 e. The highest BCUT2D eigenvalue weighted by Crippen LogP contribution is 2.14. The van der Waals surface area contributed by atoms with Crippen molar-refractivity contribution in [2.45, 2.75) is 44.8 Å². The molecule has 0 aliphatic heterocycles. The monoisotopic (exact) mass is 432 g/mol. The number of ether oxygens (including phenoxy) is 3. The molecule has 8 nitrogen and oxygen atoms in total. The number of anilines is 1. The van der Waals surface area contributed by atoms with Gasteiger partial charge in [0.15, 0.2) is 0 Å². The Labute approximate surface area is 183 Å². The molecule has 1 atom stereocenters. The van der Waals surface area contributed by atoms with Gasteiger partial charge in [-0.3, -0.25) is 10.0 Å². The zero-order chi connectivity index (χ0) is 22.9. The van der Waals surface area contributed by atoms with Gasteiger partial charge in [-0.1, -0.05) is 25.0 Å². The average molecular weight is 433 g/mol. The minimum absolute atomic E-state index is 0.287. The lowest BCUT2D eigenvalue weighted by Gasteiger charge is -2.12. The van der Waals surface area contributed by atoms with E-state index in [1.54, 1.807) is 31.8 Å². The molecule has 2 aromatic rings. The molecule has 8 heteroatoms. The molecular weight excluding hydrogens is 400 g/mol. The van der Waals surface area contributed by atoms with Crippen LogP contribution < -0.4 is 20.7 Å². The van der Waals surface area contributed by atoms with E-state index in [4.69, 9.17) is 25.2 Å². The molecule has 0 heterocycles. The van der Waals surface area contributed by atoms with Crippen LogP contribution in [0.4, 0.5) is 5.69 Å². The summed E-state index contributed by atoms with van der Waals surface area (Å²) < 4.78 is 15.6. The molecule has 0 aromatic heterocycles. The number of nitrogen functional groups attached to an aromatic ring is 1. The summed E-state index contributed by atoms with van der Waals surface area (Å²) in [4.78, 5) is 21.8. The highest BCUT2D eigenvalue weighted by molar-refractivity contribution is 5.74. The summed E-state index contributed by atoms with van der Waals surface area (Å²) in [5.41, 5.74) is 8.76. The van der Waals surface area contributed by atoms with E-state index in [9.17, 15) is 9.59 Å². The van der Waals surface area contributed by atoms with Gasteiger partial charge in [-0.25, -0.2) is 5.48 Å². The first kappa shape index (κ1) is 25.9. The molecule has 0 aliphatic rings. The first-order valence-corrected chi connectivity index (χ1v) is 10.0. The zero-order valence-electron chi connectivity index (χ0n) is 18.1. The number of nitrogens with two attached hydrogens (primary N) is 1. The number of hydrogen-bond donors (Lipinski definition) is 3. The van der Waals surface area contributed by atoms with Gasteiger partial charge in [0.2, 0.25) is 5.91 Å². The van der Waals surface area contributed by atoms with Gasteiger partial charge in [0.25, 0.3) is 0 Å². The Bertz CT molecular complexity index is 750. The number of benzene rings is 2. The SMILES string of the molecule is COc1ccc(COC(C=O)CCCCCC(=O)NO)cc1.COc1ccc(N)cc1. The number of carbonyl (C=O) groups excluding carboxylic acids is 2. The number of hydroxylamine groups is 1. The molecule has 2 aromatic carbocycles. The third kappa shape index (κ3) is 11.6. The maximum Gasteiger partial charge on any atom is 0.243 e. The molecule has 0 radical (unpaired) electrons. The third-order valence-electron chi connectivity index (χ3n) is 4.41. The maximum atomic E-state index is 11.0. The quantitative estimate of drug-likeness (QED) is 0.154. The van der Waals surface area contributed by atoms with Crippen molar-refractivity contribution >= 4 is 17.9 Å². The van der Waals surface area contributed by atoms with Crippen LogP contribution in [0.1, 0.15) is 37.7 Å². The number of methoxy groups -OCH3 is 2. The summed E-state index contributed by atoms with van der Waals surface area (Å²) in [6.07, 6.45) is 3.57. The topological polar surface area (TPSA) is 120 Å². The summed E-state index contributed by atoms with van der Waals surface area (Å²) in [6.45, 7) is 0.375. The first-order valence-electron chi connectivity index (χ1n) is 10.0. The number of rotatable bonds is 12. The number of unbranched alkanes of at least 4 members (excludes halogenated alkanes) is 2. The van der Waals surface area contributed by atoms with Gasteiger partial charge in [-0.05, 0) is 54.8 Å². The molecule has 0 spiro atoms. The van der Waals surface area contributed by atoms with Crippen LogP contribution in [-0.4, -0.2) is 37.7 Å². The molecule has 1 amide bonds. The molecule has 2 rings (SSSR count). The average Bonchev–Trinajstić information content (AvgIpc) is 2.81. The zero-order valence-corrected chi connectivity index (χ0v) is 18.1. The predicted octanol–water partition coefficient (Wildman–Crippen LogP) is 3.51. The Kier molecular flexibility index (Phi) is 13.1. The van der Waals surface area contributed by atoms with E-state index in [2.05, 4.69) is 0 Å². The largest absolute Gasteiger partial charge is 0.497 e. The van der Waals surface area contributed by atoms with E-state index < -0.39 is 6.10 Å². The van der Waals surface area contributed by atoms with Crippen molar-refractivity contribution in [3.05, 3.63) is 54.1 Å². The molecule has 4 N–H and O–H groups in total. The molecule has 0 fully saturated rings. The van der Waals surface area contributed by atoms with Gasteiger partial charge in [-0.2, -0.15) is 0 Å². The van der Waals surface area contributed by atoms with E-state index in [-0.39, 0.29) is 12.3 Å².